The maximum atomic E-state index is 12.3. The summed E-state index contributed by atoms with van der Waals surface area (Å²) in [5.41, 5.74) is 2.54. The van der Waals surface area contributed by atoms with E-state index < -0.39 is 0 Å². The van der Waals surface area contributed by atoms with Gasteiger partial charge in [-0.2, -0.15) is 0 Å². The van der Waals surface area contributed by atoms with Crippen LogP contribution in [0.1, 0.15) is 37.8 Å². The fourth-order valence-corrected chi connectivity index (χ4v) is 2.33. The molecule has 0 radical (unpaired) electrons. The summed E-state index contributed by atoms with van der Waals surface area (Å²) in [7, 11) is 0. The molecule has 104 valence electrons. The second-order valence-corrected chi connectivity index (χ2v) is 5.73. The molecule has 1 fully saturated rings. The van der Waals surface area contributed by atoms with Gasteiger partial charge in [0.2, 0.25) is 5.91 Å². The van der Waals surface area contributed by atoms with Gasteiger partial charge in [-0.1, -0.05) is 38.1 Å². The van der Waals surface area contributed by atoms with E-state index >= 15 is 0 Å². The maximum absolute atomic E-state index is 12.3. The van der Waals surface area contributed by atoms with Crippen molar-refractivity contribution in [2.75, 3.05) is 5.88 Å². The molecule has 0 N–H and O–H groups in total. The predicted octanol–water partition coefficient (Wildman–Crippen LogP) is 3.61. The second kappa shape index (κ2) is 6.42. The van der Waals surface area contributed by atoms with Crippen molar-refractivity contribution < 1.29 is 4.79 Å². The van der Waals surface area contributed by atoms with Crippen molar-refractivity contribution in [2.45, 2.75) is 45.7 Å². The largest absolute Gasteiger partial charge is 0.335 e. The van der Waals surface area contributed by atoms with E-state index in [0.29, 0.717) is 18.5 Å². The molecular weight excluding hydrogens is 258 g/mol. The lowest BCUT2D eigenvalue weighted by Gasteiger charge is -2.25. The monoisotopic (exact) mass is 279 g/mol. The van der Waals surface area contributed by atoms with Crippen LogP contribution >= 0.6 is 11.6 Å². The molecule has 0 aromatic heterocycles. The Bertz CT molecular complexity index is 425. The van der Waals surface area contributed by atoms with Crippen LogP contribution in [-0.4, -0.2) is 22.7 Å². The Hall–Kier alpha value is -1.02. The number of hydrogen-bond donors (Lipinski definition) is 0. The van der Waals surface area contributed by atoms with Gasteiger partial charge in [-0.25, -0.2) is 0 Å². The van der Waals surface area contributed by atoms with Gasteiger partial charge in [-0.05, 0) is 30.4 Å². The Morgan fingerprint density at radius 3 is 2.37 bits per heavy atom. The molecule has 2 nitrogen and oxygen atoms in total. The highest BCUT2D eigenvalue weighted by atomic mass is 35.5. The fourth-order valence-electron chi connectivity index (χ4n) is 2.20. The van der Waals surface area contributed by atoms with Crippen molar-refractivity contribution in [3.8, 4) is 0 Å². The molecule has 0 saturated heterocycles. The summed E-state index contributed by atoms with van der Waals surface area (Å²) in [5.74, 6) is 0.505. The third kappa shape index (κ3) is 3.73. The molecule has 19 heavy (non-hydrogen) atoms. The molecular formula is C16H22ClNO. The second-order valence-electron chi connectivity index (χ2n) is 5.42. The standard InChI is InChI=1S/C16H22ClNO/c1-3-13-4-6-14(7-5-13)11-18(15-8-9-15)16(19)12(2)10-17/h4-7,12,15H,3,8-11H2,1-2H3. The van der Waals surface area contributed by atoms with Gasteiger partial charge in [-0.15, -0.1) is 11.6 Å². The van der Waals surface area contributed by atoms with Crippen molar-refractivity contribution in [3.63, 3.8) is 0 Å². The predicted molar refractivity (Wildman–Crippen MR) is 79.3 cm³/mol. The first kappa shape index (κ1) is 14.4. The van der Waals surface area contributed by atoms with Crippen LogP contribution in [0.2, 0.25) is 0 Å². The van der Waals surface area contributed by atoms with E-state index in [4.69, 9.17) is 11.6 Å². The molecule has 3 heteroatoms. The molecule has 1 saturated carbocycles. The SMILES string of the molecule is CCc1ccc(CN(C(=O)C(C)CCl)C2CC2)cc1. The molecule has 0 aliphatic heterocycles. The minimum Gasteiger partial charge on any atom is -0.335 e. The van der Waals surface area contributed by atoms with Crippen molar-refractivity contribution in [1.82, 2.24) is 4.90 Å². The third-order valence-electron chi connectivity index (χ3n) is 3.71. The lowest BCUT2D eigenvalue weighted by Crippen LogP contribution is -2.37. The normalized spacial score (nSPS) is 16.2. The molecule has 1 atom stereocenters. The topological polar surface area (TPSA) is 20.3 Å². The first-order valence-corrected chi connectivity index (χ1v) is 7.63. The Kier molecular flexibility index (Phi) is 4.87. The van der Waals surface area contributed by atoms with Crippen molar-refractivity contribution >= 4 is 17.5 Å². The van der Waals surface area contributed by atoms with Crippen LogP contribution in [0, 0.1) is 5.92 Å². The van der Waals surface area contributed by atoms with E-state index in [2.05, 4.69) is 31.2 Å². The smallest absolute Gasteiger partial charge is 0.227 e. The molecule has 0 heterocycles. The van der Waals surface area contributed by atoms with Crippen LogP contribution in [-0.2, 0) is 17.8 Å². The third-order valence-corrected chi connectivity index (χ3v) is 4.17. The molecule has 1 aromatic carbocycles. The number of halogens is 1. The number of carbonyl (C=O) groups excluding carboxylic acids is 1. The summed E-state index contributed by atoms with van der Waals surface area (Å²) in [5, 5.41) is 0. The number of carbonyl (C=O) groups is 1. The zero-order chi connectivity index (χ0) is 13.8. The Balaban J connectivity index is 2.05. The van der Waals surface area contributed by atoms with Crippen molar-refractivity contribution in [3.05, 3.63) is 35.4 Å². The summed E-state index contributed by atoms with van der Waals surface area (Å²) in [4.78, 5) is 14.3. The maximum Gasteiger partial charge on any atom is 0.227 e. The van der Waals surface area contributed by atoms with E-state index in [-0.39, 0.29) is 11.8 Å². The average molecular weight is 280 g/mol. The van der Waals surface area contributed by atoms with Crippen LogP contribution < -0.4 is 0 Å². The van der Waals surface area contributed by atoms with Gasteiger partial charge in [-0.3, -0.25) is 4.79 Å². The Labute approximate surface area is 120 Å². The lowest BCUT2D eigenvalue weighted by molar-refractivity contribution is -0.135. The van der Waals surface area contributed by atoms with Gasteiger partial charge in [0.15, 0.2) is 0 Å². The highest BCUT2D eigenvalue weighted by Gasteiger charge is 2.34. The average Bonchev–Trinajstić information content (AvgIpc) is 3.28. The van der Waals surface area contributed by atoms with Gasteiger partial charge in [0.1, 0.15) is 0 Å². The molecule has 0 bridgehead atoms. The van der Waals surface area contributed by atoms with E-state index in [1.165, 1.54) is 11.1 Å². The van der Waals surface area contributed by atoms with Crippen LogP contribution in [0.3, 0.4) is 0 Å². The minimum absolute atomic E-state index is 0.0859. The van der Waals surface area contributed by atoms with E-state index in [9.17, 15) is 4.79 Å². The van der Waals surface area contributed by atoms with Gasteiger partial charge in [0.25, 0.3) is 0 Å². The number of alkyl halides is 1. The van der Waals surface area contributed by atoms with E-state index in [1.807, 2.05) is 11.8 Å². The lowest BCUT2D eigenvalue weighted by atomic mass is 10.1. The molecule has 1 aliphatic rings. The van der Waals surface area contributed by atoms with Gasteiger partial charge in [0.05, 0.1) is 0 Å². The number of amides is 1. The number of nitrogens with zero attached hydrogens (tertiary/aromatic N) is 1. The van der Waals surface area contributed by atoms with Crippen LogP contribution in [0.5, 0.6) is 0 Å². The molecule has 1 unspecified atom stereocenters. The zero-order valence-corrected chi connectivity index (χ0v) is 12.5. The van der Waals surface area contributed by atoms with Crippen LogP contribution in [0.15, 0.2) is 24.3 Å². The quantitative estimate of drug-likeness (QED) is 0.729. The van der Waals surface area contributed by atoms with Gasteiger partial charge >= 0.3 is 0 Å². The number of benzene rings is 1. The van der Waals surface area contributed by atoms with Crippen LogP contribution in [0.4, 0.5) is 0 Å². The number of hydrogen-bond acceptors (Lipinski definition) is 1. The summed E-state index contributed by atoms with van der Waals surface area (Å²) < 4.78 is 0. The van der Waals surface area contributed by atoms with Crippen molar-refractivity contribution in [2.24, 2.45) is 5.92 Å². The fraction of sp³-hybridized carbons (Fsp3) is 0.562. The number of aryl methyl sites for hydroxylation is 1. The first-order valence-electron chi connectivity index (χ1n) is 7.10. The minimum atomic E-state index is -0.0859. The summed E-state index contributed by atoms with van der Waals surface area (Å²) in [6, 6.07) is 9.00. The first-order chi connectivity index (χ1) is 9.15. The molecule has 1 aromatic rings. The summed E-state index contributed by atoms with van der Waals surface area (Å²) >= 11 is 5.81. The Morgan fingerprint density at radius 2 is 1.89 bits per heavy atom. The molecule has 1 amide bonds. The molecule has 1 aliphatic carbocycles. The Morgan fingerprint density at radius 1 is 1.32 bits per heavy atom. The molecule has 2 rings (SSSR count). The van der Waals surface area contributed by atoms with E-state index in [1.54, 1.807) is 0 Å². The van der Waals surface area contributed by atoms with Gasteiger partial charge < -0.3 is 4.90 Å². The summed E-state index contributed by atoms with van der Waals surface area (Å²) in [6.45, 7) is 4.77. The van der Waals surface area contributed by atoms with E-state index in [0.717, 1.165) is 19.3 Å². The number of rotatable bonds is 6. The van der Waals surface area contributed by atoms with Gasteiger partial charge in [0, 0.05) is 24.4 Å². The summed E-state index contributed by atoms with van der Waals surface area (Å²) in [6.07, 6.45) is 3.32. The highest BCUT2D eigenvalue weighted by molar-refractivity contribution is 6.19. The highest BCUT2D eigenvalue weighted by Crippen LogP contribution is 2.30. The molecule has 0 spiro atoms. The van der Waals surface area contributed by atoms with Crippen molar-refractivity contribution in [1.29, 1.82) is 0 Å². The zero-order valence-electron chi connectivity index (χ0n) is 11.7. The van der Waals surface area contributed by atoms with Crippen LogP contribution in [0.25, 0.3) is 0 Å².